The molecular weight excluding hydrogens is 250 g/mol. The van der Waals surface area contributed by atoms with Gasteiger partial charge in [0.1, 0.15) is 11.5 Å². The predicted molar refractivity (Wildman–Crippen MR) is 71.4 cm³/mol. The molecule has 0 radical (unpaired) electrons. The van der Waals surface area contributed by atoms with E-state index in [0.717, 1.165) is 22.7 Å². The van der Waals surface area contributed by atoms with E-state index in [9.17, 15) is 0 Å². The Morgan fingerprint density at radius 3 is 2.67 bits per heavy atom. The molecule has 1 N–H and O–H groups in total. The number of anilines is 1. The standard InChI is InChI=1S/C14H12ClNO2/c1-17-11-5-2-9(3-6-11)14-16-12-8-10(15)4-7-13(12)18-14/h2-8,14,16H,1H3. The molecule has 0 bridgehead atoms. The molecule has 1 atom stereocenters. The summed E-state index contributed by atoms with van der Waals surface area (Å²) in [5.74, 6) is 1.65. The fraction of sp³-hybridized carbons (Fsp3) is 0.143. The minimum atomic E-state index is -0.177. The molecule has 3 nitrogen and oxygen atoms in total. The van der Waals surface area contributed by atoms with Gasteiger partial charge < -0.3 is 14.8 Å². The monoisotopic (exact) mass is 261 g/mol. The van der Waals surface area contributed by atoms with E-state index in [1.165, 1.54) is 0 Å². The molecule has 1 aliphatic rings. The molecule has 3 rings (SSSR count). The Hall–Kier alpha value is -1.87. The van der Waals surface area contributed by atoms with Crippen molar-refractivity contribution in [3.05, 3.63) is 53.1 Å². The molecule has 0 spiro atoms. The van der Waals surface area contributed by atoms with Gasteiger partial charge in [0, 0.05) is 10.6 Å². The van der Waals surface area contributed by atoms with Gasteiger partial charge in [0.2, 0.25) is 0 Å². The molecule has 0 fully saturated rings. The van der Waals surface area contributed by atoms with E-state index < -0.39 is 0 Å². The Kier molecular flexibility index (Phi) is 2.76. The highest BCUT2D eigenvalue weighted by Crippen LogP contribution is 2.39. The molecule has 1 unspecified atom stereocenters. The van der Waals surface area contributed by atoms with Crippen LogP contribution in [0.25, 0.3) is 0 Å². The highest BCUT2D eigenvalue weighted by molar-refractivity contribution is 6.30. The van der Waals surface area contributed by atoms with Crippen LogP contribution in [0.15, 0.2) is 42.5 Å². The van der Waals surface area contributed by atoms with Crippen LogP contribution in [0.4, 0.5) is 5.69 Å². The van der Waals surface area contributed by atoms with Gasteiger partial charge in [-0.15, -0.1) is 0 Å². The zero-order valence-electron chi connectivity index (χ0n) is 9.81. The van der Waals surface area contributed by atoms with Gasteiger partial charge in [0.15, 0.2) is 6.23 Å². The summed E-state index contributed by atoms with van der Waals surface area (Å²) < 4.78 is 10.9. The van der Waals surface area contributed by atoms with Gasteiger partial charge >= 0.3 is 0 Å². The summed E-state index contributed by atoms with van der Waals surface area (Å²) in [5.41, 5.74) is 1.96. The summed E-state index contributed by atoms with van der Waals surface area (Å²) in [7, 11) is 1.65. The second kappa shape index (κ2) is 4.42. The molecule has 92 valence electrons. The van der Waals surface area contributed by atoms with Crippen molar-refractivity contribution in [1.82, 2.24) is 0 Å². The van der Waals surface area contributed by atoms with Crippen LogP contribution in [-0.4, -0.2) is 7.11 Å². The third kappa shape index (κ3) is 1.97. The van der Waals surface area contributed by atoms with Gasteiger partial charge in [-0.25, -0.2) is 0 Å². The van der Waals surface area contributed by atoms with Crippen molar-refractivity contribution in [1.29, 1.82) is 0 Å². The molecule has 1 heterocycles. The minimum Gasteiger partial charge on any atom is -0.497 e. The van der Waals surface area contributed by atoms with E-state index in [1.54, 1.807) is 7.11 Å². The van der Waals surface area contributed by atoms with Crippen molar-refractivity contribution in [2.75, 3.05) is 12.4 Å². The lowest BCUT2D eigenvalue weighted by molar-refractivity contribution is 0.259. The Morgan fingerprint density at radius 2 is 1.94 bits per heavy atom. The van der Waals surface area contributed by atoms with Crippen LogP contribution in [0, 0.1) is 0 Å². The number of rotatable bonds is 2. The van der Waals surface area contributed by atoms with Gasteiger partial charge in [0.05, 0.1) is 12.8 Å². The number of methoxy groups -OCH3 is 1. The fourth-order valence-corrected chi connectivity index (χ4v) is 2.12. The summed E-state index contributed by atoms with van der Waals surface area (Å²) in [6, 6.07) is 13.3. The van der Waals surface area contributed by atoms with E-state index in [0.29, 0.717) is 5.02 Å². The first-order valence-electron chi connectivity index (χ1n) is 5.63. The first-order valence-corrected chi connectivity index (χ1v) is 6.01. The lowest BCUT2D eigenvalue weighted by Crippen LogP contribution is -2.09. The van der Waals surface area contributed by atoms with E-state index in [-0.39, 0.29) is 6.23 Å². The Balaban J connectivity index is 1.84. The number of ether oxygens (including phenoxy) is 2. The van der Waals surface area contributed by atoms with Crippen LogP contribution >= 0.6 is 11.6 Å². The topological polar surface area (TPSA) is 30.5 Å². The number of halogens is 1. The summed E-state index contributed by atoms with van der Waals surface area (Å²) >= 11 is 5.94. The first-order chi connectivity index (χ1) is 8.76. The molecule has 0 saturated heterocycles. The van der Waals surface area contributed by atoms with E-state index >= 15 is 0 Å². The van der Waals surface area contributed by atoms with E-state index in [4.69, 9.17) is 21.1 Å². The number of hydrogen-bond donors (Lipinski definition) is 1. The molecule has 0 aliphatic carbocycles. The molecule has 0 saturated carbocycles. The van der Waals surface area contributed by atoms with Crippen LogP contribution in [0.1, 0.15) is 11.8 Å². The predicted octanol–water partition coefficient (Wildman–Crippen LogP) is 3.85. The molecule has 0 aromatic heterocycles. The summed E-state index contributed by atoms with van der Waals surface area (Å²) in [4.78, 5) is 0. The number of fused-ring (bicyclic) bond motifs is 1. The van der Waals surface area contributed by atoms with Crippen molar-refractivity contribution in [2.24, 2.45) is 0 Å². The van der Waals surface area contributed by atoms with Gasteiger partial charge in [-0.2, -0.15) is 0 Å². The molecule has 0 amide bonds. The maximum Gasteiger partial charge on any atom is 0.196 e. The van der Waals surface area contributed by atoms with Crippen LogP contribution in [0.5, 0.6) is 11.5 Å². The summed E-state index contributed by atoms with van der Waals surface area (Å²) in [6.45, 7) is 0. The number of hydrogen-bond acceptors (Lipinski definition) is 3. The van der Waals surface area contributed by atoms with Crippen molar-refractivity contribution < 1.29 is 9.47 Å². The van der Waals surface area contributed by atoms with Crippen LogP contribution < -0.4 is 14.8 Å². The van der Waals surface area contributed by atoms with E-state index in [2.05, 4.69) is 5.32 Å². The lowest BCUT2D eigenvalue weighted by Gasteiger charge is -2.11. The first kappa shape index (κ1) is 11.2. The highest BCUT2D eigenvalue weighted by Gasteiger charge is 2.23. The molecule has 4 heteroatoms. The molecule has 2 aromatic carbocycles. The average Bonchev–Trinajstić information content (AvgIpc) is 2.81. The zero-order valence-corrected chi connectivity index (χ0v) is 10.6. The van der Waals surface area contributed by atoms with Crippen LogP contribution in [-0.2, 0) is 0 Å². The maximum absolute atomic E-state index is 5.94. The number of nitrogens with one attached hydrogen (secondary N) is 1. The smallest absolute Gasteiger partial charge is 0.196 e. The summed E-state index contributed by atoms with van der Waals surface area (Å²) in [6.07, 6.45) is -0.177. The van der Waals surface area contributed by atoms with Gasteiger partial charge in [-0.05, 0) is 42.5 Å². The van der Waals surface area contributed by atoms with Crippen molar-refractivity contribution in [3.63, 3.8) is 0 Å². The molecule has 18 heavy (non-hydrogen) atoms. The fourth-order valence-electron chi connectivity index (χ4n) is 1.95. The average molecular weight is 262 g/mol. The Morgan fingerprint density at radius 1 is 1.17 bits per heavy atom. The minimum absolute atomic E-state index is 0.177. The van der Waals surface area contributed by atoms with Crippen molar-refractivity contribution >= 4 is 17.3 Å². The lowest BCUT2D eigenvalue weighted by atomic mass is 10.2. The summed E-state index contributed by atoms with van der Waals surface area (Å²) in [5, 5.41) is 3.98. The van der Waals surface area contributed by atoms with Gasteiger partial charge in [-0.3, -0.25) is 0 Å². The highest BCUT2D eigenvalue weighted by atomic mass is 35.5. The van der Waals surface area contributed by atoms with Crippen LogP contribution in [0.3, 0.4) is 0 Å². The van der Waals surface area contributed by atoms with Gasteiger partial charge in [0.25, 0.3) is 0 Å². The van der Waals surface area contributed by atoms with Gasteiger partial charge in [-0.1, -0.05) is 11.6 Å². The van der Waals surface area contributed by atoms with E-state index in [1.807, 2.05) is 42.5 Å². The molecule has 1 aliphatic heterocycles. The zero-order chi connectivity index (χ0) is 12.5. The number of benzene rings is 2. The quantitative estimate of drug-likeness (QED) is 0.891. The second-order valence-corrected chi connectivity index (χ2v) is 4.49. The third-order valence-electron chi connectivity index (χ3n) is 2.89. The molecule has 2 aromatic rings. The Bertz CT molecular complexity index is 569. The van der Waals surface area contributed by atoms with Crippen LogP contribution in [0.2, 0.25) is 5.02 Å². The third-order valence-corrected chi connectivity index (χ3v) is 3.13. The second-order valence-electron chi connectivity index (χ2n) is 4.06. The normalized spacial score (nSPS) is 16.7. The van der Waals surface area contributed by atoms with Crippen molar-refractivity contribution in [2.45, 2.75) is 6.23 Å². The Labute approximate surface area is 110 Å². The molecular formula is C14H12ClNO2. The maximum atomic E-state index is 5.94. The SMILES string of the molecule is COc1ccc(C2Nc3cc(Cl)ccc3O2)cc1. The largest absolute Gasteiger partial charge is 0.497 e. The van der Waals surface area contributed by atoms with Crippen molar-refractivity contribution in [3.8, 4) is 11.5 Å².